The number of hydrogen-bond acceptors (Lipinski definition) is 4. The Bertz CT molecular complexity index is 793. The summed E-state index contributed by atoms with van der Waals surface area (Å²) < 4.78 is 27.0. The zero-order valence-corrected chi connectivity index (χ0v) is 18.8. The highest BCUT2D eigenvalue weighted by Gasteiger charge is 2.13. The Hall–Kier alpha value is -1.17. The zero-order valence-electron chi connectivity index (χ0n) is 14.9. The van der Waals surface area contributed by atoms with Gasteiger partial charge in [-0.05, 0) is 36.4 Å². The minimum absolute atomic E-state index is 0. The minimum Gasteiger partial charge on any atom is -0.357 e. The molecule has 0 amide bonds. The Kier molecular flexibility index (Phi) is 10.1. The van der Waals surface area contributed by atoms with E-state index in [-0.39, 0.29) is 30.5 Å². The van der Waals surface area contributed by atoms with Gasteiger partial charge in [0, 0.05) is 19.6 Å². The third-order valence-corrected chi connectivity index (χ3v) is 6.34. The normalized spacial score (nSPS) is 11.7. The lowest BCUT2D eigenvalue weighted by Crippen LogP contribution is -2.41. The summed E-state index contributed by atoms with van der Waals surface area (Å²) in [5, 5.41) is 8.05. The Morgan fingerprint density at radius 2 is 1.88 bits per heavy atom. The van der Waals surface area contributed by atoms with Gasteiger partial charge in [0.05, 0.1) is 6.54 Å². The van der Waals surface area contributed by atoms with E-state index in [4.69, 9.17) is 0 Å². The molecule has 3 N–H and O–H groups in total. The molecule has 2 aromatic rings. The van der Waals surface area contributed by atoms with E-state index < -0.39 is 10.0 Å². The smallest absolute Gasteiger partial charge is 0.250 e. The standard InChI is InChI=1S/C17H24N4O2S2.HI/c1-3-18-17(20-13-15-8-5-4-7-14(15)2)19-10-11-21-25(22,23)16-9-6-12-24-16;/h4-9,12,21H,3,10-11,13H2,1-2H3,(H2,18,19,20);1H. The molecule has 1 heterocycles. The quantitative estimate of drug-likeness (QED) is 0.222. The van der Waals surface area contributed by atoms with Crippen LogP contribution in [0.25, 0.3) is 0 Å². The molecule has 0 radical (unpaired) electrons. The number of aryl methyl sites for hydroxylation is 1. The lowest BCUT2D eigenvalue weighted by Gasteiger charge is -2.12. The molecular weight excluding hydrogens is 483 g/mol. The average molecular weight is 508 g/mol. The molecule has 0 saturated heterocycles. The fraction of sp³-hybridized carbons (Fsp3) is 0.353. The van der Waals surface area contributed by atoms with Crippen LogP contribution in [0.4, 0.5) is 0 Å². The SMILES string of the molecule is CCNC(=NCc1ccccc1C)NCCNS(=O)(=O)c1cccs1.I. The molecule has 2 rings (SSSR count). The number of benzene rings is 1. The molecule has 1 aromatic heterocycles. The second-order valence-electron chi connectivity index (χ2n) is 5.38. The van der Waals surface area contributed by atoms with Crippen LogP contribution in [-0.4, -0.2) is 34.0 Å². The summed E-state index contributed by atoms with van der Waals surface area (Å²) in [4.78, 5) is 4.55. The molecule has 144 valence electrons. The van der Waals surface area contributed by atoms with Crippen molar-refractivity contribution in [3.63, 3.8) is 0 Å². The first-order valence-electron chi connectivity index (χ1n) is 8.13. The van der Waals surface area contributed by atoms with Gasteiger partial charge < -0.3 is 10.6 Å². The van der Waals surface area contributed by atoms with Gasteiger partial charge in [-0.1, -0.05) is 30.3 Å². The number of halogens is 1. The number of hydrogen-bond donors (Lipinski definition) is 3. The van der Waals surface area contributed by atoms with Crippen LogP contribution in [0.1, 0.15) is 18.1 Å². The Morgan fingerprint density at radius 1 is 1.12 bits per heavy atom. The molecule has 0 atom stereocenters. The molecule has 0 bridgehead atoms. The molecule has 0 aliphatic rings. The van der Waals surface area contributed by atoms with Gasteiger partial charge in [-0.15, -0.1) is 35.3 Å². The topological polar surface area (TPSA) is 82.6 Å². The summed E-state index contributed by atoms with van der Waals surface area (Å²) in [5.74, 6) is 0.668. The van der Waals surface area contributed by atoms with E-state index in [1.54, 1.807) is 17.5 Å². The molecule has 26 heavy (non-hydrogen) atoms. The molecule has 0 aliphatic carbocycles. The number of aliphatic imine (C=N–C) groups is 1. The molecule has 0 fully saturated rings. The monoisotopic (exact) mass is 508 g/mol. The van der Waals surface area contributed by atoms with Crippen LogP contribution >= 0.6 is 35.3 Å². The first-order chi connectivity index (χ1) is 12.0. The Balaban J connectivity index is 0.00000338. The molecule has 0 spiro atoms. The number of nitrogens with one attached hydrogen (secondary N) is 3. The van der Waals surface area contributed by atoms with E-state index in [2.05, 4.69) is 39.4 Å². The zero-order chi connectivity index (χ0) is 18.1. The van der Waals surface area contributed by atoms with E-state index >= 15 is 0 Å². The summed E-state index contributed by atoms with van der Waals surface area (Å²) in [6.45, 7) is 6.09. The van der Waals surface area contributed by atoms with Crippen molar-refractivity contribution in [2.24, 2.45) is 4.99 Å². The van der Waals surface area contributed by atoms with Crippen molar-refractivity contribution in [3.8, 4) is 0 Å². The van der Waals surface area contributed by atoms with Gasteiger partial charge in [0.1, 0.15) is 4.21 Å². The van der Waals surface area contributed by atoms with Crippen LogP contribution in [-0.2, 0) is 16.6 Å². The second kappa shape index (κ2) is 11.5. The largest absolute Gasteiger partial charge is 0.357 e. The number of thiophene rings is 1. The van der Waals surface area contributed by atoms with E-state index in [0.717, 1.165) is 12.1 Å². The summed E-state index contributed by atoms with van der Waals surface area (Å²) in [6, 6.07) is 11.4. The summed E-state index contributed by atoms with van der Waals surface area (Å²) in [5.41, 5.74) is 2.36. The van der Waals surface area contributed by atoms with Gasteiger partial charge >= 0.3 is 0 Å². The van der Waals surface area contributed by atoms with Gasteiger partial charge in [-0.2, -0.15) is 0 Å². The Morgan fingerprint density at radius 3 is 2.54 bits per heavy atom. The maximum atomic E-state index is 12.0. The van der Waals surface area contributed by atoms with Gasteiger partial charge in [0.2, 0.25) is 10.0 Å². The highest BCUT2D eigenvalue weighted by molar-refractivity contribution is 14.0. The second-order valence-corrected chi connectivity index (χ2v) is 8.32. The molecular formula is C17H25IN4O2S2. The number of nitrogens with zero attached hydrogens (tertiary/aromatic N) is 1. The minimum atomic E-state index is -3.42. The van der Waals surface area contributed by atoms with Crippen LogP contribution in [0, 0.1) is 6.92 Å². The van der Waals surface area contributed by atoms with Crippen molar-refractivity contribution < 1.29 is 8.42 Å². The predicted molar refractivity (Wildman–Crippen MR) is 119 cm³/mol. The van der Waals surface area contributed by atoms with Crippen LogP contribution < -0.4 is 15.4 Å². The maximum absolute atomic E-state index is 12.0. The van der Waals surface area contributed by atoms with Crippen LogP contribution in [0.3, 0.4) is 0 Å². The lowest BCUT2D eigenvalue weighted by molar-refractivity contribution is 0.582. The fourth-order valence-corrected chi connectivity index (χ4v) is 4.22. The van der Waals surface area contributed by atoms with Gasteiger partial charge in [0.15, 0.2) is 5.96 Å². The molecule has 1 aromatic carbocycles. The number of sulfonamides is 1. The van der Waals surface area contributed by atoms with Crippen molar-refractivity contribution in [2.75, 3.05) is 19.6 Å². The number of guanidine groups is 1. The highest BCUT2D eigenvalue weighted by atomic mass is 127. The van der Waals surface area contributed by atoms with Crippen LogP contribution in [0.15, 0.2) is 51.0 Å². The maximum Gasteiger partial charge on any atom is 0.250 e. The van der Waals surface area contributed by atoms with E-state index in [1.807, 2.05) is 19.1 Å². The summed E-state index contributed by atoms with van der Waals surface area (Å²) >= 11 is 1.20. The third kappa shape index (κ3) is 7.22. The van der Waals surface area contributed by atoms with E-state index in [0.29, 0.717) is 23.3 Å². The fourth-order valence-electron chi connectivity index (χ4n) is 2.15. The van der Waals surface area contributed by atoms with Crippen LogP contribution in [0.5, 0.6) is 0 Å². The molecule has 0 saturated carbocycles. The van der Waals surface area contributed by atoms with Gasteiger partial charge in [-0.3, -0.25) is 0 Å². The molecule has 6 nitrogen and oxygen atoms in total. The van der Waals surface area contributed by atoms with Crippen molar-refractivity contribution in [2.45, 2.75) is 24.6 Å². The lowest BCUT2D eigenvalue weighted by atomic mass is 10.1. The van der Waals surface area contributed by atoms with E-state index in [1.165, 1.54) is 16.9 Å². The van der Waals surface area contributed by atoms with Gasteiger partial charge in [0.25, 0.3) is 0 Å². The van der Waals surface area contributed by atoms with Crippen molar-refractivity contribution in [3.05, 3.63) is 52.9 Å². The molecule has 0 aliphatic heterocycles. The van der Waals surface area contributed by atoms with Crippen molar-refractivity contribution in [1.29, 1.82) is 0 Å². The predicted octanol–water partition coefficient (Wildman–Crippen LogP) is 2.71. The van der Waals surface area contributed by atoms with Gasteiger partial charge in [-0.25, -0.2) is 18.1 Å². The first kappa shape index (κ1) is 22.9. The molecule has 9 heteroatoms. The molecule has 0 unspecified atom stereocenters. The summed E-state index contributed by atoms with van der Waals surface area (Å²) in [6.07, 6.45) is 0. The summed E-state index contributed by atoms with van der Waals surface area (Å²) in [7, 11) is -3.42. The van der Waals surface area contributed by atoms with E-state index in [9.17, 15) is 8.42 Å². The van der Waals surface area contributed by atoms with Crippen molar-refractivity contribution >= 4 is 51.3 Å². The highest BCUT2D eigenvalue weighted by Crippen LogP contribution is 2.14. The van der Waals surface area contributed by atoms with Crippen molar-refractivity contribution in [1.82, 2.24) is 15.4 Å². The third-order valence-electron chi connectivity index (χ3n) is 3.48. The Labute approximate surface area is 176 Å². The number of rotatable bonds is 8. The van der Waals surface area contributed by atoms with Crippen LogP contribution in [0.2, 0.25) is 0 Å². The average Bonchev–Trinajstić information content (AvgIpc) is 3.13. The first-order valence-corrected chi connectivity index (χ1v) is 10.5.